The molecule has 0 spiro atoms. The predicted octanol–water partition coefficient (Wildman–Crippen LogP) is 36.3. The first-order valence-corrected chi connectivity index (χ1v) is 45.3. The van der Waals surface area contributed by atoms with Gasteiger partial charge in [-0.2, -0.15) is 0 Å². The molecule has 0 bridgehead atoms. The van der Waals surface area contributed by atoms with E-state index in [2.05, 4.69) is 553 Å². The second-order valence-corrected chi connectivity index (χ2v) is 34.1. The summed E-state index contributed by atoms with van der Waals surface area (Å²) in [6, 6.07) is 174. The van der Waals surface area contributed by atoms with E-state index >= 15 is 0 Å². The van der Waals surface area contributed by atoms with Gasteiger partial charge >= 0.3 is 0 Å². The highest BCUT2D eigenvalue weighted by molar-refractivity contribution is 6.12. The Kier molecular flexibility index (Phi) is 25.4. The molecule has 23 aromatic rings. The van der Waals surface area contributed by atoms with E-state index in [1.165, 1.54) is 170 Å². The molecular weight excluding hydrogens is 1600 g/mol. The summed E-state index contributed by atoms with van der Waals surface area (Å²) in [4.78, 5) is 0. The van der Waals surface area contributed by atoms with Gasteiger partial charge in [-0.15, -0.1) is 0 Å². The lowest BCUT2D eigenvalue weighted by Gasteiger charge is -2.14. The fraction of sp³-hybridized carbons (Fsp3) is 0.0394. The molecule has 132 heavy (non-hydrogen) atoms. The van der Waals surface area contributed by atoms with Crippen LogP contribution in [0.3, 0.4) is 0 Å². The van der Waals surface area contributed by atoms with Crippen LogP contribution in [0.2, 0.25) is 0 Å². The lowest BCUT2D eigenvalue weighted by molar-refractivity contribution is 1.47. The number of rotatable bonds is 15. The quantitative estimate of drug-likeness (QED) is 0.0662. The van der Waals surface area contributed by atoms with Crippen molar-refractivity contribution < 1.29 is 0 Å². The van der Waals surface area contributed by atoms with Gasteiger partial charge in [0, 0.05) is 72.7 Å². The average Bonchev–Trinajstić information content (AvgIpc) is 0.771. The van der Waals surface area contributed by atoms with Gasteiger partial charge in [-0.1, -0.05) is 392 Å². The Morgan fingerprint density at radius 3 is 0.720 bits per heavy atom. The van der Waals surface area contributed by atoms with Crippen molar-refractivity contribution in [2.24, 2.45) is 0 Å². The molecule has 5 N–H and O–H groups in total. The van der Waals surface area contributed by atoms with Crippen LogP contribution in [0.1, 0.15) is 27.8 Å². The number of benzene rings is 23. The zero-order chi connectivity index (χ0) is 89.5. The van der Waals surface area contributed by atoms with Crippen LogP contribution < -0.4 is 26.6 Å². The van der Waals surface area contributed by atoms with E-state index < -0.39 is 0 Å². The van der Waals surface area contributed by atoms with Crippen molar-refractivity contribution in [1.82, 2.24) is 0 Å². The van der Waals surface area contributed by atoms with Crippen LogP contribution in [0.25, 0.3) is 142 Å². The molecule has 0 aliphatic carbocycles. The largest absolute Gasteiger partial charge is 0.356 e. The van der Waals surface area contributed by atoms with Crippen molar-refractivity contribution >= 4 is 143 Å². The Bertz CT molecular complexity index is 7830. The Morgan fingerprint density at radius 2 is 0.341 bits per heavy atom. The van der Waals surface area contributed by atoms with E-state index in [9.17, 15) is 0 Å². The molecule has 23 rings (SSSR count). The monoisotopic (exact) mass is 1700 g/mol. The molecular formula is C127H101N5. The van der Waals surface area contributed by atoms with Gasteiger partial charge < -0.3 is 26.6 Å². The maximum absolute atomic E-state index is 3.68. The number of hydrogen-bond donors (Lipinski definition) is 5. The lowest BCUT2D eigenvalue weighted by atomic mass is 10.0. The van der Waals surface area contributed by atoms with E-state index in [0.29, 0.717) is 0 Å². The van der Waals surface area contributed by atoms with Crippen molar-refractivity contribution in [3.63, 3.8) is 0 Å². The maximum atomic E-state index is 3.68. The Labute approximate surface area is 773 Å². The molecule has 0 aliphatic rings. The molecule has 23 aromatic carbocycles. The standard InChI is InChI=1S/3C27H21N.2C23H19N/c1-19-10-12-20(13-11-19)21-14-16-24(17-15-21)28-27-25-8-4-2-6-22(25)18-23-7-3-5-9-26(23)27;1-19-9-11-20(12-10-19)21-13-15-25(16-14-21)28-27-8-4-7-24-17-22-5-2-3-6-23(22)18-26(24)27;1-19-6-8-20(9-7-19)21-10-13-26(14-11-21)28-27-15-12-24-16-22-4-2-3-5-23(22)17-25(24)18-27;1-17-9-11-18(12-10-17)19-13-15-21(16-14-19)24-23-8-4-6-20-5-2-3-7-22(20)23;1-17-6-8-19(9-7-17)20-10-13-22(14-11-20)24-23-15-12-18-4-2-3-5-21(18)16-23/h3*2-18,28H,1H3;2*2-16,24H,1H3. The zero-order valence-corrected chi connectivity index (χ0v) is 74.8. The molecule has 5 heteroatoms. The summed E-state index contributed by atoms with van der Waals surface area (Å²) in [5.41, 5.74) is 29.9. The van der Waals surface area contributed by atoms with E-state index in [-0.39, 0.29) is 0 Å². The van der Waals surface area contributed by atoms with Crippen LogP contribution >= 0.6 is 0 Å². The summed E-state index contributed by atoms with van der Waals surface area (Å²) < 4.78 is 0. The predicted molar refractivity (Wildman–Crippen MR) is 572 cm³/mol. The lowest BCUT2D eigenvalue weighted by Crippen LogP contribution is -1.93. The first kappa shape index (κ1) is 84.6. The van der Waals surface area contributed by atoms with Crippen molar-refractivity contribution in [3.05, 3.63) is 519 Å². The fourth-order valence-corrected chi connectivity index (χ4v) is 17.1. The van der Waals surface area contributed by atoms with Gasteiger partial charge in [-0.3, -0.25) is 0 Å². The minimum Gasteiger partial charge on any atom is -0.356 e. The number of hydrogen-bond acceptors (Lipinski definition) is 5. The van der Waals surface area contributed by atoms with Gasteiger partial charge in [-0.05, 0) is 282 Å². The van der Waals surface area contributed by atoms with E-state index in [1.54, 1.807) is 0 Å². The molecule has 5 nitrogen and oxygen atoms in total. The van der Waals surface area contributed by atoms with Crippen LogP contribution in [0, 0.1) is 34.6 Å². The first-order chi connectivity index (χ1) is 64.8. The van der Waals surface area contributed by atoms with E-state index in [1.807, 2.05) is 0 Å². The maximum Gasteiger partial charge on any atom is 0.0543 e. The molecule has 0 saturated carbocycles. The molecule has 0 aliphatic heterocycles. The van der Waals surface area contributed by atoms with Gasteiger partial charge in [0.2, 0.25) is 0 Å². The van der Waals surface area contributed by atoms with Crippen LogP contribution in [-0.4, -0.2) is 0 Å². The van der Waals surface area contributed by atoms with Gasteiger partial charge in [0.15, 0.2) is 0 Å². The molecule has 0 amide bonds. The minimum atomic E-state index is 1.09. The third-order valence-electron chi connectivity index (χ3n) is 24.5. The fourth-order valence-electron chi connectivity index (χ4n) is 17.1. The summed E-state index contributed by atoms with van der Waals surface area (Å²) in [5.74, 6) is 0. The van der Waals surface area contributed by atoms with Crippen LogP contribution in [0.15, 0.2) is 491 Å². The molecule has 634 valence electrons. The third kappa shape index (κ3) is 20.5. The highest BCUT2D eigenvalue weighted by Crippen LogP contribution is 2.39. The molecule has 0 atom stereocenters. The van der Waals surface area contributed by atoms with Crippen molar-refractivity contribution in [2.75, 3.05) is 26.6 Å². The summed E-state index contributed by atoms with van der Waals surface area (Å²) in [5, 5.41) is 37.9. The number of anilines is 10. The van der Waals surface area contributed by atoms with Crippen LogP contribution in [0.4, 0.5) is 56.9 Å². The van der Waals surface area contributed by atoms with Crippen molar-refractivity contribution in [1.29, 1.82) is 0 Å². The number of nitrogens with one attached hydrogen (secondary N) is 5. The molecule has 0 saturated heterocycles. The molecule has 0 heterocycles. The summed E-state index contributed by atoms with van der Waals surface area (Å²) >= 11 is 0. The zero-order valence-electron chi connectivity index (χ0n) is 74.8. The molecule has 0 fully saturated rings. The van der Waals surface area contributed by atoms with Gasteiger partial charge in [-0.25, -0.2) is 0 Å². The highest BCUT2D eigenvalue weighted by Gasteiger charge is 2.13. The average molecular weight is 1700 g/mol. The summed E-state index contributed by atoms with van der Waals surface area (Å²) in [7, 11) is 0. The minimum absolute atomic E-state index is 1.09. The smallest absolute Gasteiger partial charge is 0.0543 e. The van der Waals surface area contributed by atoms with E-state index in [0.717, 1.165) is 56.9 Å². The topological polar surface area (TPSA) is 60.1 Å². The summed E-state index contributed by atoms with van der Waals surface area (Å²) in [6.45, 7) is 10.6. The number of aryl methyl sites for hydroxylation is 5. The van der Waals surface area contributed by atoms with Gasteiger partial charge in [0.1, 0.15) is 0 Å². The highest BCUT2D eigenvalue weighted by atomic mass is 14.9. The normalized spacial score (nSPS) is 10.9. The summed E-state index contributed by atoms with van der Waals surface area (Å²) in [6.07, 6.45) is 0. The van der Waals surface area contributed by atoms with Gasteiger partial charge in [0.25, 0.3) is 0 Å². The molecule has 0 aromatic heterocycles. The first-order valence-electron chi connectivity index (χ1n) is 45.3. The SMILES string of the molecule is Cc1ccc(-c2ccc(Nc3c4ccccc4cc4ccccc34)cc2)cc1.Cc1ccc(-c2ccc(Nc3ccc4cc5ccccc5cc4c3)cc2)cc1.Cc1ccc(-c2ccc(Nc3ccc4ccccc4c3)cc2)cc1.Cc1ccc(-c2ccc(Nc3cccc4cc5ccccc5cc34)cc2)cc1.Cc1ccc(-c2ccc(Nc3cccc4ccccc34)cc2)cc1. The second-order valence-electron chi connectivity index (χ2n) is 34.1. The molecule has 0 radical (unpaired) electrons. The third-order valence-corrected chi connectivity index (χ3v) is 24.5. The van der Waals surface area contributed by atoms with Crippen molar-refractivity contribution in [3.8, 4) is 55.6 Å². The van der Waals surface area contributed by atoms with Crippen molar-refractivity contribution in [2.45, 2.75) is 34.6 Å². The van der Waals surface area contributed by atoms with Crippen LogP contribution in [0.5, 0.6) is 0 Å². The Balaban J connectivity index is 0.000000107. The second kappa shape index (κ2) is 39.6. The Morgan fingerprint density at radius 1 is 0.121 bits per heavy atom. The number of fused-ring (bicyclic) bond motifs is 8. The Hall–Kier alpha value is -16.9. The van der Waals surface area contributed by atoms with E-state index in [4.69, 9.17) is 0 Å². The molecule has 0 unspecified atom stereocenters. The van der Waals surface area contributed by atoms with Gasteiger partial charge in [0.05, 0.1) is 5.69 Å². The van der Waals surface area contributed by atoms with Crippen LogP contribution in [-0.2, 0) is 0 Å².